The molecule has 4 rings (SSSR count). The highest BCUT2D eigenvalue weighted by molar-refractivity contribution is 7.98. The summed E-state index contributed by atoms with van der Waals surface area (Å²) in [5.74, 6) is 2.70. The van der Waals surface area contributed by atoms with Gasteiger partial charge in [0.1, 0.15) is 5.82 Å². The van der Waals surface area contributed by atoms with Crippen molar-refractivity contribution in [1.82, 2.24) is 15.2 Å². The standard InChI is InChI=1S/C29H46N4O2S/c1-4-26-27(36-3)13-15-30-29(26)33-19-17-32(18-20-33)16-14-22-5-9-24(10-6-22)31-28(34)21-23-7-11-25(35-2)12-8-23/h4,13,15,22-25H,1,5-12,14,16-21H2,2-3H3,(H,31,34). The van der Waals surface area contributed by atoms with Gasteiger partial charge >= 0.3 is 0 Å². The molecule has 3 fully saturated rings. The van der Waals surface area contributed by atoms with Crippen LogP contribution in [0.25, 0.3) is 6.08 Å². The molecule has 1 aromatic heterocycles. The zero-order valence-electron chi connectivity index (χ0n) is 22.4. The minimum atomic E-state index is 0.273. The number of anilines is 1. The number of aromatic nitrogens is 1. The number of amides is 1. The largest absolute Gasteiger partial charge is 0.381 e. The minimum Gasteiger partial charge on any atom is -0.381 e. The molecular formula is C29H46N4O2S. The molecule has 200 valence electrons. The Labute approximate surface area is 222 Å². The number of methoxy groups -OCH3 is 1. The average Bonchev–Trinajstić information content (AvgIpc) is 2.92. The molecule has 0 bridgehead atoms. The van der Waals surface area contributed by atoms with Gasteiger partial charge in [-0.15, -0.1) is 11.8 Å². The third-order valence-corrected chi connectivity index (χ3v) is 9.49. The lowest BCUT2D eigenvalue weighted by molar-refractivity contribution is -0.123. The van der Waals surface area contributed by atoms with Crippen LogP contribution in [0.2, 0.25) is 0 Å². The summed E-state index contributed by atoms with van der Waals surface area (Å²) in [5, 5.41) is 3.35. The number of nitrogens with one attached hydrogen (secondary N) is 1. The van der Waals surface area contributed by atoms with Gasteiger partial charge < -0.3 is 15.0 Å². The van der Waals surface area contributed by atoms with Crippen LogP contribution in [0.5, 0.6) is 0 Å². The first-order valence-corrected chi connectivity index (χ1v) is 15.3. The quantitative estimate of drug-likeness (QED) is 0.432. The second-order valence-electron chi connectivity index (χ2n) is 10.9. The van der Waals surface area contributed by atoms with Crippen LogP contribution in [0.3, 0.4) is 0 Å². The number of hydrogen-bond donors (Lipinski definition) is 1. The van der Waals surface area contributed by atoms with Crippen LogP contribution in [0, 0.1) is 11.8 Å². The van der Waals surface area contributed by atoms with Crippen LogP contribution in [0.15, 0.2) is 23.7 Å². The highest BCUT2D eigenvalue weighted by atomic mass is 32.2. The zero-order chi connectivity index (χ0) is 25.3. The summed E-state index contributed by atoms with van der Waals surface area (Å²) in [6.07, 6.45) is 17.6. The Morgan fingerprint density at radius 3 is 2.44 bits per heavy atom. The van der Waals surface area contributed by atoms with Crippen LogP contribution in [-0.4, -0.2) is 74.0 Å². The maximum atomic E-state index is 12.6. The number of rotatable bonds is 10. The fraction of sp³-hybridized carbons (Fsp3) is 0.724. The molecule has 1 aliphatic heterocycles. The van der Waals surface area contributed by atoms with Crippen molar-refractivity contribution in [3.05, 3.63) is 24.4 Å². The molecule has 1 aromatic rings. The van der Waals surface area contributed by atoms with Gasteiger partial charge in [-0.1, -0.05) is 12.7 Å². The van der Waals surface area contributed by atoms with Crippen molar-refractivity contribution < 1.29 is 9.53 Å². The molecular weight excluding hydrogens is 468 g/mol. The third kappa shape index (κ3) is 7.48. The van der Waals surface area contributed by atoms with Crippen molar-refractivity contribution in [2.24, 2.45) is 11.8 Å². The predicted molar refractivity (Wildman–Crippen MR) is 151 cm³/mol. The summed E-state index contributed by atoms with van der Waals surface area (Å²) < 4.78 is 5.46. The Kier molecular flexibility index (Phi) is 10.5. The Morgan fingerprint density at radius 1 is 1.11 bits per heavy atom. The van der Waals surface area contributed by atoms with Crippen molar-refractivity contribution in [2.45, 2.75) is 81.2 Å². The molecule has 6 nitrogen and oxygen atoms in total. The van der Waals surface area contributed by atoms with E-state index in [-0.39, 0.29) is 5.91 Å². The normalized spacial score (nSPS) is 27.6. The molecule has 36 heavy (non-hydrogen) atoms. The van der Waals surface area contributed by atoms with Crippen LogP contribution in [0.4, 0.5) is 5.82 Å². The molecule has 0 aromatic carbocycles. The molecule has 1 N–H and O–H groups in total. The summed E-state index contributed by atoms with van der Waals surface area (Å²) in [4.78, 5) is 23.6. The summed E-state index contributed by atoms with van der Waals surface area (Å²) in [6.45, 7) is 9.46. The smallest absolute Gasteiger partial charge is 0.220 e. The number of carbonyl (C=O) groups excluding carboxylic acids is 1. The van der Waals surface area contributed by atoms with E-state index in [2.05, 4.69) is 39.0 Å². The van der Waals surface area contributed by atoms with Crippen molar-refractivity contribution in [2.75, 3.05) is 51.0 Å². The SMILES string of the molecule is C=Cc1c(SC)ccnc1N1CCN(CCC2CCC(NC(=O)CC3CCC(OC)CC3)CC2)CC1. The van der Waals surface area contributed by atoms with Gasteiger partial charge in [-0.25, -0.2) is 4.98 Å². The molecule has 0 atom stereocenters. The van der Waals surface area contributed by atoms with E-state index in [0.717, 1.165) is 76.4 Å². The van der Waals surface area contributed by atoms with Crippen LogP contribution in [0.1, 0.15) is 69.8 Å². The Hall–Kier alpha value is -1.57. The molecule has 1 saturated heterocycles. The highest BCUT2D eigenvalue weighted by Crippen LogP contribution is 2.31. The van der Waals surface area contributed by atoms with E-state index in [1.165, 1.54) is 36.3 Å². The fourth-order valence-corrected chi connectivity index (χ4v) is 6.92. The van der Waals surface area contributed by atoms with E-state index in [0.29, 0.717) is 24.5 Å². The van der Waals surface area contributed by atoms with E-state index >= 15 is 0 Å². The van der Waals surface area contributed by atoms with Gasteiger partial charge in [0, 0.05) is 62.4 Å². The maximum Gasteiger partial charge on any atom is 0.220 e. The van der Waals surface area contributed by atoms with E-state index in [9.17, 15) is 4.79 Å². The molecule has 1 amide bonds. The van der Waals surface area contributed by atoms with Crippen molar-refractivity contribution in [3.63, 3.8) is 0 Å². The van der Waals surface area contributed by atoms with Crippen LogP contribution >= 0.6 is 11.8 Å². The lowest BCUT2D eigenvalue weighted by Crippen LogP contribution is -2.47. The molecule has 2 heterocycles. The summed E-state index contributed by atoms with van der Waals surface area (Å²) in [5.41, 5.74) is 1.17. The predicted octanol–water partition coefficient (Wildman–Crippen LogP) is 5.23. The molecule has 0 unspecified atom stereocenters. The number of pyridine rings is 1. The summed E-state index contributed by atoms with van der Waals surface area (Å²) in [6, 6.07) is 2.46. The first kappa shape index (κ1) is 27.5. The van der Waals surface area contributed by atoms with E-state index in [1.54, 1.807) is 18.9 Å². The Bertz CT molecular complexity index is 842. The van der Waals surface area contributed by atoms with Crippen LogP contribution in [-0.2, 0) is 9.53 Å². The summed E-state index contributed by atoms with van der Waals surface area (Å²) >= 11 is 1.76. The number of carbonyl (C=O) groups is 1. The van der Waals surface area contributed by atoms with Gasteiger partial charge in [-0.2, -0.15) is 0 Å². The monoisotopic (exact) mass is 514 g/mol. The van der Waals surface area contributed by atoms with Gasteiger partial charge in [0.05, 0.1) is 6.10 Å². The first-order valence-electron chi connectivity index (χ1n) is 14.0. The van der Waals surface area contributed by atoms with Crippen molar-refractivity contribution in [3.8, 4) is 0 Å². The fourth-order valence-electron chi connectivity index (χ4n) is 6.33. The average molecular weight is 515 g/mol. The lowest BCUT2D eigenvalue weighted by atomic mass is 9.83. The maximum absolute atomic E-state index is 12.6. The Balaban J connectivity index is 1.11. The summed E-state index contributed by atoms with van der Waals surface area (Å²) in [7, 11) is 1.80. The molecule has 2 saturated carbocycles. The van der Waals surface area contributed by atoms with Crippen molar-refractivity contribution >= 4 is 29.6 Å². The third-order valence-electron chi connectivity index (χ3n) is 8.69. The van der Waals surface area contributed by atoms with Crippen LogP contribution < -0.4 is 10.2 Å². The van der Waals surface area contributed by atoms with Gasteiger partial charge in [-0.3, -0.25) is 9.69 Å². The van der Waals surface area contributed by atoms with Gasteiger partial charge in [0.25, 0.3) is 0 Å². The molecule has 2 aliphatic carbocycles. The molecule has 0 spiro atoms. The van der Waals surface area contributed by atoms with Crippen molar-refractivity contribution in [1.29, 1.82) is 0 Å². The van der Waals surface area contributed by atoms with E-state index in [1.807, 2.05) is 12.3 Å². The number of nitrogens with zero attached hydrogens (tertiary/aromatic N) is 3. The molecule has 3 aliphatic rings. The lowest BCUT2D eigenvalue weighted by Gasteiger charge is -2.37. The molecule has 7 heteroatoms. The second kappa shape index (κ2) is 13.8. The minimum absolute atomic E-state index is 0.273. The highest BCUT2D eigenvalue weighted by Gasteiger charge is 2.27. The van der Waals surface area contributed by atoms with E-state index < -0.39 is 0 Å². The zero-order valence-corrected chi connectivity index (χ0v) is 23.2. The first-order chi connectivity index (χ1) is 17.6. The topological polar surface area (TPSA) is 57.7 Å². The number of thioether (sulfide) groups is 1. The molecule has 0 radical (unpaired) electrons. The van der Waals surface area contributed by atoms with Gasteiger partial charge in [0.15, 0.2) is 0 Å². The second-order valence-corrected chi connectivity index (χ2v) is 11.8. The number of piperazine rings is 1. The van der Waals surface area contributed by atoms with Gasteiger partial charge in [-0.05, 0) is 88.5 Å². The Morgan fingerprint density at radius 2 is 1.81 bits per heavy atom. The number of hydrogen-bond acceptors (Lipinski definition) is 6. The van der Waals surface area contributed by atoms with E-state index in [4.69, 9.17) is 4.74 Å². The number of ether oxygens (including phenoxy) is 1. The van der Waals surface area contributed by atoms with Gasteiger partial charge in [0.2, 0.25) is 5.91 Å².